The molecule has 1 aromatic rings. The maximum atomic E-state index is 11.5. The zero-order valence-electron chi connectivity index (χ0n) is 10.9. The SMILES string of the molecule is COC(=O)c1cc(N)c(C)c(OCC2CCC2)c1. The Balaban J connectivity index is 2.15. The van der Waals surface area contributed by atoms with Crippen LogP contribution in [0, 0.1) is 12.8 Å². The first-order chi connectivity index (χ1) is 8.61. The maximum absolute atomic E-state index is 11.5. The number of anilines is 1. The Kier molecular flexibility index (Phi) is 3.75. The number of ether oxygens (including phenoxy) is 2. The lowest BCUT2D eigenvalue weighted by molar-refractivity contribution is 0.0600. The first-order valence-corrected chi connectivity index (χ1v) is 6.23. The fraction of sp³-hybridized carbons (Fsp3) is 0.500. The molecule has 0 unspecified atom stereocenters. The highest BCUT2D eigenvalue weighted by molar-refractivity contribution is 5.91. The van der Waals surface area contributed by atoms with E-state index in [0.717, 1.165) is 5.56 Å². The first-order valence-electron chi connectivity index (χ1n) is 6.23. The maximum Gasteiger partial charge on any atom is 0.338 e. The van der Waals surface area contributed by atoms with Crippen molar-refractivity contribution < 1.29 is 14.3 Å². The molecule has 0 heterocycles. The molecule has 0 bridgehead atoms. The molecule has 2 N–H and O–H groups in total. The minimum Gasteiger partial charge on any atom is -0.493 e. The Bertz CT molecular complexity index is 453. The molecule has 1 aromatic carbocycles. The van der Waals surface area contributed by atoms with Gasteiger partial charge in [-0.25, -0.2) is 4.79 Å². The standard InChI is InChI=1S/C14H19NO3/c1-9-12(15)6-11(14(16)17-2)7-13(9)18-8-10-4-3-5-10/h6-7,10H,3-5,8,15H2,1-2H3. The van der Waals surface area contributed by atoms with Crippen LogP contribution in [0.5, 0.6) is 5.75 Å². The van der Waals surface area contributed by atoms with Gasteiger partial charge in [-0.3, -0.25) is 0 Å². The highest BCUT2D eigenvalue weighted by Gasteiger charge is 2.19. The van der Waals surface area contributed by atoms with E-state index in [2.05, 4.69) is 0 Å². The topological polar surface area (TPSA) is 61.5 Å². The van der Waals surface area contributed by atoms with Gasteiger partial charge in [-0.1, -0.05) is 6.42 Å². The molecule has 0 spiro atoms. The summed E-state index contributed by atoms with van der Waals surface area (Å²) in [6.45, 7) is 2.59. The third-order valence-electron chi connectivity index (χ3n) is 3.52. The van der Waals surface area contributed by atoms with E-state index in [0.29, 0.717) is 29.5 Å². The Morgan fingerprint density at radius 2 is 2.17 bits per heavy atom. The number of carbonyl (C=O) groups is 1. The smallest absolute Gasteiger partial charge is 0.338 e. The van der Waals surface area contributed by atoms with Crippen LogP contribution < -0.4 is 10.5 Å². The molecule has 1 fully saturated rings. The highest BCUT2D eigenvalue weighted by atomic mass is 16.5. The molecule has 0 atom stereocenters. The van der Waals surface area contributed by atoms with E-state index in [-0.39, 0.29) is 0 Å². The molecule has 0 aromatic heterocycles. The van der Waals surface area contributed by atoms with Gasteiger partial charge in [-0.05, 0) is 37.8 Å². The van der Waals surface area contributed by atoms with Crippen LogP contribution in [0.3, 0.4) is 0 Å². The molecule has 1 saturated carbocycles. The minimum atomic E-state index is -0.393. The first kappa shape index (κ1) is 12.7. The predicted octanol–water partition coefficient (Wildman–Crippen LogP) is 2.54. The molecule has 4 nitrogen and oxygen atoms in total. The predicted molar refractivity (Wildman–Crippen MR) is 69.8 cm³/mol. The average Bonchev–Trinajstić information content (AvgIpc) is 2.31. The van der Waals surface area contributed by atoms with Crippen LogP contribution in [0.2, 0.25) is 0 Å². The fourth-order valence-electron chi connectivity index (χ4n) is 1.96. The van der Waals surface area contributed by atoms with E-state index < -0.39 is 5.97 Å². The molecular weight excluding hydrogens is 230 g/mol. The lowest BCUT2D eigenvalue weighted by atomic mass is 9.86. The van der Waals surface area contributed by atoms with Crippen molar-refractivity contribution in [3.05, 3.63) is 23.3 Å². The zero-order chi connectivity index (χ0) is 13.1. The van der Waals surface area contributed by atoms with Crippen molar-refractivity contribution in [1.29, 1.82) is 0 Å². The summed E-state index contributed by atoms with van der Waals surface area (Å²) in [5.74, 6) is 0.935. The van der Waals surface area contributed by atoms with Crippen molar-refractivity contribution in [2.24, 2.45) is 5.92 Å². The van der Waals surface area contributed by atoms with Crippen LogP contribution in [0.1, 0.15) is 35.2 Å². The summed E-state index contributed by atoms with van der Waals surface area (Å²) in [7, 11) is 1.35. The van der Waals surface area contributed by atoms with Gasteiger partial charge in [0.2, 0.25) is 0 Å². The molecule has 0 radical (unpaired) electrons. The highest BCUT2D eigenvalue weighted by Crippen LogP contribution is 2.30. The summed E-state index contributed by atoms with van der Waals surface area (Å²) in [4.78, 5) is 11.5. The van der Waals surface area contributed by atoms with E-state index in [1.165, 1.54) is 26.4 Å². The number of nitrogen functional groups attached to an aromatic ring is 1. The summed E-state index contributed by atoms with van der Waals surface area (Å²) in [6.07, 6.45) is 3.74. The van der Waals surface area contributed by atoms with Crippen molar-refractivity contribution in [2.45, 2.75) is 26.2 Å². The molecule has 1 aliphatic carbocycles. The Hall–Kier alpha value is -1.71. The van der Waals surface area contributed by atoms with E-state index in [9.17, 15) is 4.79 Å². The minimum absolute atomic E-state index is 0.393. The molecule has 0 amide bonds. The van der Waals surface area contributed by atoms with Crippen LogP contribution in [-0.4, -0.2) is 19.7 Å². The van der Waals surface area contributed by atoms with Gasteiger partial charge in [0.25, 0.3) is 0 Å². The third-order valence-corrected chi connectivity index (χ3v) is 3.52. The number of methoxy groups -OCH3 is 1. The number of benzene rings is 1. The molecule has 98 valence electrons. The lowest BCUT2D eigenvalue weighted by Gasteiger charge is -2.25. The second kappa shape index (κ2) is 5.29. The number of hydrogen-bond donors (Lipinski definition) is 1. The second-order valence-corrected chi connectivity index (χ2v) is 4.79. The quantitative estimate of drug-likeness (QED) is 0.658. The van der Waals surface area contributed by atoms with Crippen molar-refractivity contribution in [3.8, 4) is 5.75 Å². The van der Waals surface area contributed by atoms with Gasteiger partial charge in [-0.15, -0.1) is 0 Å². The molecular formula is C14H19NO3. The summed E-state index contributed by atoms with van der Waals surface area (Å²) >= 11 is 0. The summed E-state index contributed by atoms with van der Waals surface area (Å²) in [5, 5.41) is 0. The zero-order valence-corrected chi connectivity index (χ0v) is 10.9. The number of hydrogen-bond acceptors (Lipinski definition) is 4. The second-order valence-electron chi connectivity index (χ2n) is 4.79. The Labute approximate surface area is 107 Å². The van der Waals surface area contributed by atoms with Crippen molar-refractivity contribution >= 4 is 11.7 Å². The van der Waals surface area contributed by atoms with Crippen LogP contribution in [0.4, 0.5) is 5.69 Å². The Morgan fingerprint density at radius 3 is 2.72 bits per heavy atom. The van der Waals surface area contributed by atoms with Crippen LogP contribution in [0.15, 0.2) is 12.1 Å². The molecule has 1 aliphatic rings. The molecule has 0 aliphatic heterocycles. The third kappa shape index (κ3) is 2.58. The van der Waals surface area contributed by atoms with Gasteiger partial charge >= 0.3 is 5.97 Å². The fourth-order valence-corrected chi connectivity index (χ4v) is 1.96. The Morgan fingerprint density at radius 1 is 1.44 bits per heavy atom. The van der Waals surface area contributed by atoms with Gasteiger partial charge in [0, 0.05) is 11.3 Å². The van der Waals surface area contributed by atoms with Gasteiger partial charge < -0.3 is 15.2 Å². The number of esters is 1. The van der Waals surface area contributed by atoms with Gasteiger partial charge in [0.15, 0.2) is 0 Å². The number of carbonyl (C=O) groups excluding carboxylic acids is 1. The van der Waals surface area contributed by atoms with Crippen LogP contribution in [-0.2, 0) is 4.74 Å². The number of nitrogens with two attached hydrogens (primary N) is 1. The van der Waals surface area contributed by atoms with E-state index in [1.807, 2.05) is 6.92 Å². The van der Waals surface area contributed by atoms with E-state index >= 15 is 0 Å². The van der Waals surface area contributed by atoms with E-state index in [4.69, 9.17) is 15.2 Å². The average molecular weight is 249 g/mol. The van der Waals surface area contributed by atoms with Crippen LogP contribution >= 0.6 is 0 Å². The lowest BCUT2D eigenvalue weighted by Crippen LogP contribution is -2.19. The molecule has 0 saturated heterocycles. The molecule has 2 rings (SSSR count). The van der Waals surface area contributed by atoms with Gasteiger partial charge in [0.1, 0.15) is 5.75 Å². The monoisotopic (exact) mass is 249 g/mol. The molecule has 18 heavy (non-hydrogen) atoms. The van der Waals surface area contributed by atoms with Crippen molar-refractivity contribution in [2.75, 3.05) is 19.5 Å². The largest absolute Gasteiger partial charge is 0.493 e. The molecule has 4 heteroatoms. The normalized spacial score (nSPS) is 15.0. The number of rotatable bonds is 4. The summed E-state index contributed by atoms with van der Waals surface area (Å²) in [6, 6.07) is 3.33. The van der Waals surface area contributed by atoms with Crippen molar-refractivity contribution in [3.63, 3.8) is 0 Å². The van der Waals surface area contributed by atoms with Gasteiger partial charge in [-0.2, -0.15) is 0 Å². The summed E-state index contributed by atoms with van der Waals surface area (Å²) in [5.41, 5.74) is 7.75. The van der Waals surface area contributed by atoms with Crippen molar-refractivity contribution in [1.82, 2.24) is 0 Å². The van der Waals surface area contributed by atoms with Crippen LogP contribution in [0.25, 0.3) is 0 Å². The van der Waals surface area contributed by atoms with E-state index in [1.54, 1.807) is 12.1 Å². The van der Waals surface area contributed by atoms with Gasteiger partial charge in [0.05, 0.1) is 19.3 Å². The summed E-state index contributed by atoms with van der Waals surface area (Å²) < 4.78 is 10.5.